The minimum absolute atomic E-state index is 0.0103. The highest BCUT2D eigenvalue weighted by Gasteiger charge is 2.23. The zero-order chi connectivity index (χ0) is 11.5. The van der Waals surface area contributed by atoms with Crippen molar-refractivity contribution in [2.24, 2.45) is 0 Å². The van der Waals surface area contributed by atoms with Gasteiger partial charge >= 0.3 is 0 Å². The monoisotopic (exact) mass is 334 g/mol. The summed E-state index contributed by atoms with van der Waals surface area (Å²) in [5.41, 5.74) is 7.75. The average molecular weight is 334 g/mol. The molecule has 3 N–H and O–H groups in total. The number of morpholine rings is 1. The summed E-state index contributed by atoms with van der Waals surface area (Å²) in [6.07, 6.45) is 0. The third kappa shape index (κ3) is 2.41. The van der Waals surface area contributed by atoms with Gasteiger partial charge in [-0.15, -0.1) is 0 Å². The van der Waals surface area contributed by atoms with Crippen LogP contribution in [0.1, 0.15) is 0 Å². The van der Waals surface area contributed by atoms with E-state index in [2.05, 4.69) is 27.5 Å². The van der Waals surface area contributed by atoms with E-state index in [4.69, 9.17) is 10.5 Å². The zero-order valence-corrected chi connectivity index (χ0v) is 11.1. The number of benzene rings is 1. The number of hydrogen-bond donors (Lipinski definition) is 2. The number of rotatable bonds is 2. The van der Waals surface area contributed by atoms with Gasteiger partial charge in [-0.3, -0.25) is 0 Å². The number of aliphatic hydroxyl groups excluding tert-OH is 1. The number of nitrogens with two attached hydrogens (primary N) is 1. The molecule has 1 aromatic rings. The smallest absolute Gasteiger partial charge is 0.0756 e. The van der Waals surface area contributed by atoms with Gasteiger partial charge in [0.2, 0.25) is 0 Å². The van der Waals surface area contributed by atoms with Gasteiger partial charge in [0, 0.05) is 10.1 Å². The van der Waals surface area contributed by atoms with E-state index in [-0.39, 0.29) is 12.6 Å². The Labute approximate surface area is 109 Å². The summed E-state index contributed by atoms with van der Waals surface area (Å²) >= 11 is 2.23. The van der Waals surface area contributed by atoms with Crippen LogP contribution < -0.4 is 10.6 Å². The number of nitrogens with zero attached hydrogens (tertiary/aromatic N) is 1. The standard InChI is InChI=1S/C11H15IN2O2/c12-8-1-2-11(10(13)5-8)14-3-4-16-7-9(14)6-15/h1-2,5,9,15H,3-4,6-7,13H2. The van der Waals surface area contributed by atoms with E-state index in [9.17, 15) is 5.11 Å². The largest absolute Gasteiger partial charge is 0.397 e. The molecule has 0 radical (unpaired) electrons. The predicted molar refractivity (Wildman–Crippen MR) is 72.6 cm³/mol. The molecule has 0 saturated carbocycles. The highest BCUT2D eigenvalue weighted by molar-refractivity contribution is 14.1. The number of ether oxygens (including phenoxy) is 1. The fraction of sp³-hybridized carbons (Fsp3) is 0.455. The fourth-order valence-electron chi connectivity index (χ4n) is 1.91. The molecular formula is C11H15IN2O2. The molecule has 1 saturated heterocycles. The highest BCUT2D eigenvalue weighted by Crippen LogP contribution is 2.27. The van der Waals surface area contributed by atoms with Crippen LogP contribution in [0, 0.1) is 3.57 Å². The van der Waals surface area contributed by atoms with Crippen LogP contribution in [-0.2, 0) is 4.74 Å². The zero-order valence-electron chi connectivity index (χ0n) is 8.90. The molecule has 1 aromatic carbocycles. The lowest BCUT2D eigenvalue weighted by Crippen LogP contribution is -2.47. The second kappa shape index (κ2) is 5.20. The molecule has 1 aliphatic rings. The van der Waals surface area contributed by atoms with E-state index in [0.717, 1.165) is 21.5 Å². The molecule has 88 valence electrons. The Kier molecular flexibility index (Phi) is 3.88. The molecule has 1 unspecified atom stereocenters. The van der Waals surface area contributed by atoms with Crippen LogP contribution in [0.5, 0.6) is 0 Å². The third-order valence-electron chi connectivity index (χ3n) is 2.74. The Morgan fingerprint density at radius 2 is 2.38 bits per heavy atom. The van der Waals surface area contributed by atoms with Gasteiger partial charge in [0.1, 0.15) is 0 Å². The maximum atomic E-state index is 9.30. The number of anilines is 2. The summed E-state index contributed by atoms with van der Waals surface area (Å²) in [6.45, 7) is 2.10. The Morgan fingerprint density at radius 3 is 3.06 bits per heavy atom. The van der Waals surface area contributed by atoms with Gasteiger partial charge < -0.3 is 20.5 Å². The van der Waals surface area contributed by atoms with E-state index in [1.165, 1.54) is 0 Å². The highest BCUT2D eigenvalue weighted by atomic mass is 127. The third-order valence-corrected chi connectivity index (χ3v) is 3.41. The van der Waals surface area contributed by atoms with Crippen molar-refractivity contribution in [3.05, 3.63) is 21.8 Å². The quantitative estimate of drug-likeness (QED) is 0.628. The molecule has 1 atom stereocenters. The Hall–Kier alpha value is -0.530. The minimum atomic E-state index is 0.0103. The molecule has 0 spiro atoms. The van der Waals surface area contributed by atoms with Crippen molar-refractivity contribution in [3.63, 3.8) is 0 Å². The van der Waals surface area contributed by atoms with Crippen LogP contribution in [0.2, 0.25) is 0 Å². The van der Waals surface area contributed by atoms with E-state index >= 15 is 0 Å². The van der Waals surface area contributed by atoms with Gasteiger partial charge in [0.25, 0.3) is 0 Å². The van der Waals surface area contributed by atoms with Crippen molar-refractivity contribution in [2.45, 2.75) is 6.04 Å². The minimum Gasteiger partial charge on any atom is -0.397 e. The molecule has 0 amide bonds. The molecule has 1 aliphatic heterocycles. The second-order valence-electron chi connectivity index (χ2n) is 3.81. The van der Waals surface area contributed by atoms with Gasteiger partial charge in [0.05, 0.1) is 37.2 Å². The van der Waals surface area contributed by atoms with Gasteiger partial charge in [-0.25, -0.2) is 0 Å². The molecule has 0 aliphatic carbocycles. The lowest BCUT2D eigenvalue weighted by Gasteiger charge is -2.37. The van der Waals surface area contributed by atoms with E-state index in [0.29, 0.717) is 13.2 Å². The van der Waals surface area contributed by atoms with Crippen LogP contribution >= 0.6 is 22.6 Å². The van der Waals surface area contributed by atoms with Crippen molar-refractivity contribution in [3.8, 4) is 0 Å². The SMILES string of the molecule is Nc1cc(I)ccc1N1CCOCC1CO. The first-order chi connectivity index (χ1) is 7.72. The summed E-state index contributed by atoms with van der Waals surface area (Å²) < 4.78 is 6.46. The van der Waals surface area contributed by atoms with Crippen LogP contribution in [0.25, 0.3) is 0 Å². The molecule has 4 nitrogen and oxygen atoms in total. The van der Waals surface area contributed by atoms with Gasteiger partial charge in [-0.1, -0.05) is 0 Å². The summed E-state index contributed by atoms with van der Waals surface area (Å²) in [4.78, 5) is 2.12. The second-order valence-corrected chi connectivity index (χ2v) is 5.05. The predicted octanol–water partition coefficient (Wildman–Crippen LogP) is 1.07. The Bertz CT molecular complexity index is 373. The van der Waals surface area contributed by atoms with Gasteiger partial charge in [0.15, 0.2) is 0 Å². The lowest BCUT2D eigenvalue weighted by atomic mass is 10.1. The summed E-state index contributed by atoms with van der Waals surface area (Å²) in [7, 11) is 0. The van der Waals surface area contributed by atoms with Gasteiger partial charge in [-0.2, -0.15) is 0 Å². The fourth-order valence-corrected chi connectivity index (χ4v) is 2.43. The first kappa shape index (κ1) is 11.9. The van der Waals surface area contributed by atoms with Crippen LogP contribution in [0.4, 0.5) is 11.4 Å². The Balaban J connectivity index is 2.27. The van der Waals surface area contributed by atoms with E-state index in [1.54, 1.807) is 0 Å². The molecular weight excluding hydrogens is 319 g/mol. The molecule has 1 heterocycles. The van der Waals surface area contributed by atoms with Gasteiger partial charge in [-0.05, 0) is 40.8 Å². The van der Waals surface area contributed by atoms with Crippen LogP contribution in [0.3, 0.4) is 0 Å². The maximum Gasteiger partial charge on any atom is 0.0756 e. The number of hydrogen-bond acceptors (Lipinski definition) is 4. The number of halogens is 1. The first-order valence-corrected chi connectivity index (χ1v) is 6.30. The average Bonchev–Trinajstić information content (AvgIpc) is 2.29. The lowest BCUT2D eigenvalue weighted by molar-refractivity contribution is 0.0728. The topological polar surface area (TPSA) is 58.7 Å². The molecule has 2 rings (SSSR count). The van der Waals surface area contributed by atoms with Crippen molar-refractivity contribution in [2.75, 3.05) is 37.0 Å². The maximum absolute atomic E-state index is 9.30. The van der Waals surface area contributed by atoms with Crippen molar-refractivity contribution < 1.29 is 9.84 Å². The summed E-state index contributed by atoms with van der Waals surface area (Å²) in [5, 5.41) is 9.30. The molecule has 5 heteroatoms. The van der Waals surface area contributed by atoms with E-state index in [1.807, 2.05) is 18.2 Å². The first-order valence-electron chi connectivity index (χ1n) is 5.22. The number of aliphatic hydroxyl groups is 1. The van der Waals surface area contributed by atoms with Crippen molar-refractivity contribution in [1.82, 2.24) is 0 Å². The normalized spacial score (nSPS) is 21.1. The van der Waals surface area contributed by atoms with Crippen molar-refractivity contribution >= 4 is 34.0 Å². The van der Waals surface area contributed by atoms with E-state index < -0.39 is 0 Å². The Morgan fingerprint density at radius 1 is 1.56 bits per heavy atom. The molecule has 1 fully saturated rings. The molecule has 16 heavy (non-hydrogen) atoms. The van der Waals surface area contributed by atoms with Crippen LogP contribution in [0.15, 0.2) is 18.2 Å². The van der Waals surface area contributed by atoms with Crippen LogP contribution in [-0.4, -0.2) is 37.5 Å². The van der Waals surface area contributed by atoms with Crippen molar-refractivity contribution in [1.29, 1.82) is 0 Å². The number of nitrogen functional groups attached to an aromatic ring is 1. The summed E-state index contributed by atoms with van der Waals surface area (Å²) in [6, 6.07) is 5.98. The molecule has 0 bridgehead atoms. The molecule has 0 aromatic heterocycles. The summed E-state index contributed by atoms with van der Waals surface area (Å²) in [5.74, 6) is 0.